The number of carbonyl (C=O) groups excluding carboxylic acids is 4. The normalized spacial score (nSPS) is 23.3. The third-order valence-electron chi connectivity index (χ3n) is 5.22. The van der Waals surface area contributed by atoms with Crippen LogP contribution >= 0.6 is 0 Å². The van der Waals surface area contributed by atoms with Crippen molar-refractivity contribution in [1.82, 2.24) is 15.5 Å². The maximum Gasteiger partial charge on any atom is 0.471 e. The summed E-state index contributed by atoms with van der Waals surface area (Å²) >= 11 is 0. The summed E-state index contributed by atoms with van der Waals surface area (Å²) in [6.07, 6.45) is -6.12. The lowest BCUT2D eigenvalue weighted by molar-refractivity contribution is -0.187. The molecule has 0 radical (unpaired) electrons. The summed E-state index contributed by atoms with van der Waals surface area (Å²) in [6, 6.07) is -2.79. The summed E-state index contributed by atoms with van der Waals surface area (Å²) in [6.45, 7) is 8.57. The molecule has 1 fully saturated rings. The van der Waals surface area contributed by atoms with Crippen LogP contribution in [0.3, 0.4) is 0 Å². The molecule has 9 nitrogen and oxygen atoms in total. The Kier molecular flexibility index (Phi) is 9.07. The zero-order valence-electron chi connectivity index (χ0n) is 19.1. The first kappa shape index (κ1) is 27.7. The second-order valence-corrected chi connectivity index (χ2v) is 9.00. The molecule has 0 spiro atoms. The fourth-order valence-electron chi connectivity index (χ4n) is 3.32. The fourth-order valence-corrected chi connectivity index (χ4v) is 3.32. The molecule has 184 valence electrons. The van der Waals surface area contributed by atoms with E-state index in [2.05, 4.69) is 10.6 Å². The van der Waals surface area contributed by atoms with Crippen LogP contribution in [-0.4, -0.2) is 76.8 Å². The van der Waals surface area contributed by atoms with Gasteiger partial charge in [-0.2, -0.15) is 13.2 Å². The molecular weight excluding hydrogens is 435 g/mol. The zero-order valence-corrected chi connectivity index (χ0v) is 19.1. The highest BCUT2D eigenvalue weighted by Crippen LogP contribution is 2.30. The molecule has 32 heavy (non-hydrogen) atoms. The molecule has 1 aliphatic heterocycles. The summed E-state index contributed by atoms with van der Waals surface area (Å²) < 4.78 is 43.9. The van der Waals surface area contributed by atoms with E-state index in [-0.39, 0.29) is 4.90 Å². The molecule has 12 heteroatoms. The summed E-state index contributed by atoms with van der Waals surface area (Å²) in [5, 5.41) is 14.7. The average molecular weight is 467 g/mol. The number of alkyl halides is 3. The number of aliphatic hydroxyl groups excluding tert-OH is 1. The van der Waals surface area contributed by atoms with Gasteiger partial charge < -0.3 is 25.4 Å². The SMILES string of the molecule is CC[C@H](C)[C@H](NC(=O)[C@H]1[C@@H](C)[C@@H](O)CN1C(=O)C(F)(F)F)C(=O)NCC(=O)OC(C)(C)C. The maximum atomic E-state index is 12.9. The molecule has 0 bridgehead atoms. The van der Waals surface area contributed by atoms with Crippen molar-refractivity contribution >= 4 is 23.7 Å². The largest absolute Gasteiger partial charge is 0.471 e. The van der Waals surface area contributed by atoms with Crippen LogP contribution in [0.1, 0.15) is 48.0 Å². The minimum Gasteiger partial charge on any atom is -0.459 e. The smallest absolute Gasteiger partial charge is 0.459 e. The molecular formula is C20H32F3N3O6. The number of aliphatic hydroxyl groups is 1. The van der Waals surface area contributed by atoms with Crippen molar-refractivity contribution in [3.05, 3.63) is 0 Å². The van der Waals surface area contributed by atoms with Crippen LogP contribution in [0, 0.1) is 11.8 Å². The lowest BCUT2D eigenvalue weighted by Crippen LogP contribution is -2.57. The van der Waals surface area contributed by atoms with Crippen LogP contribution in [0.5, 0.6) is 0 Å². The highest BCUT2D eigenvalue weighted by atomic mass is 19.4. The molecule has 3 amide bonds. The van der Waals surface area contributed by atoms with Crippen LogP contribution in [0.2, 0.25) is 0 Å². The molecule has 0 aromatic rings. The molecule has 1 rings (SSSR count). The number of nitrogens with zero attached hydrogens (tertiary/aromatic N) is 1. The Morgan fingerprint density at radius 3 is 2.22 bits per heavy atom. The standard InChI is InChI=1S/C20H32F3N3O6/c1-7-10(2)14(16(29)24-8-13(28)32-19(4,5)6)25-17(30)15-11(3)12(27)9-26(15)18(31)20(21,22)23/h10-12,14-15,27H,7-9H2,1-6H3,(H,24,29)(H,25,30)/t10-,11-,12-,14-,15+/m0/s1. The van der Waals surface area contributed by atoms with Crippen LogP contribution in [0.25, 0.3) is 0 Å². The van der Waals surface area contributed by atoms with Gasteiger partial charge in [-0.3, -0.25) is 19.2 Å². The lowest BCUT2D eigenvalue weighted by atomic mass is 9.95. The zero-order chi connectivity index (χ0) is 25.0. The van der Waals surface area contributed by atoms with Gasteiger partial charge in [-0.1, -0.05) is 27.2 Å². The van der Waals surface area contributed by atoms with Crippen molar-refractivity contribution in [3.8, 4) is 0 Å². The van der Waals surface area contributed by atoms with Crippen molar-refractivity contribution in [2.45, 2.75) is 77.9 Å². The van der Waals surface area contributed by atoms with Crippen molar-refractivity contribution in [3.63, 3.8) is 0 Å². The molecule has 1 heterocycles. The first-order valence-corrected chi connectivity index (χ1v) is 10.3. The van der Waals surface area contributed by atoms with Gasteiger partial charge in [0.2, 0.25) is 11.8 Å². The van der Waals surface area contributed by atoms with Crippen molar-refractivity contribution in [2.75, 3.05) is 13.1 Å². The van der Waals surface area contributed by atoms with Gasteiger partial charge in [0.15, 0.2) is 0 Å². The quantitative estimate of drug-likeness (QED) is 0.475. The average Bonchev–Trinajstić information content (AvgIpc) is 2.95. The maximum absolute atomic E-state index is 12.9. The van der Waals surface area contributed by atoms with Gasteiger partial charge in [0.1, 0.15) is 24.2 Å². The van der Waals surface area contributed by atoms with Crippen molar-refractivity contribution in [1.29, 1.82) is 0 Å². The predicted molar refractivity (Wildman–Crippen MR) is 107 cm³/mol. The van der Waals surface area contributed by atoms with E-state index >= 15 is 0 Å². The number of β-amino-alcohol motifs (C(OH)–C–C–N with tert-alkyl or cyclic N) is 1. The Labute approximate surface area is 185 Å². The van der Waals surface area contributed by atoms with Crippen molar-refractivity contribution < 1.29 is 42.2 Å². The number of hydrogen-bond donors (Lipinski definition) is 3. The molecule has 0 unspecified atom stereocenters. The van der Waals surface area contributed by atoms with E-state index < -0.39 is 78.6 Å². The van der Waals surface area contributed by atoms with Crippen LogP contribution < -0.4 is 10.6 Å². The van der Waals surface area contributed by atoms with E-state index in [1.54, 1.807) is 34.6 Å². The van der Waals surface area contributed by atoms with Gasteiger partial charge in [-0.25, -0.2) is 0 Å². The van der Waals surface area contributed by atoms with Gasteiger partial charge in [0, 0.05) is 12.5 Å². The lowest BCUT2D eigenvalue weighted by Gasteiger charge is -2.30. The van der Waals surface area contributed by atoms with Crippen LogP contribution in [0.4, 0.5) is 13.2 Å². The van der Waals surface area contributed by atoms with Gasteiger partial charge >= 0.3 is 18.1 Å². The van der Waals surface area contributed by atoms with E-state index in [0.717, 1.165) is 0 Å². The molecule has 0 saturated carbocycles. The van der Waals surface area contributed by atoms with E-state index in [1.807, 2.05) is 0 Å². The molecule has 0 aliphatic carbocycles. The molecule has 0 aromatic heterocycles. The van der Waals surface area contributed by atoms with Crippen LogP contribution in [-0.2, 0) is 23.9 Å². The minimum atomic E-state index is -5.22. The Morgan fingerprint density at radius 1 is 1.19 bits per heavy atom. The Hall–Kier alpha value is -2.37. The minimum absolute atomic E-state index is 0.275. The highest BCUT2D eigenvalue weighted by Gasteiger charge is 2.53. The Morgan fingerprint density at radius 2 is 1.75 bits per heavy atom. The van der Waals surface area contributed by atoms with Gasteiger partial charge in [-0.05, 0) is 26.7 Å². The number of ether oxygens (including phenoxy) is 1. The number of carbonyl (C=O) groups is 4. The van der Waals surface area contributed by atoms with Gasteiger partial charge in [-0.15, -0.1) is 0 Å². The second-order valence-electron chi connectivity index (χ2n) is 9.00. The number of amides is 3. The number of rotatable bonds is 7. The van der Waals surface area contributed by atoms with Crippen LogP contribution in [0.15, 0.2) is 0 Å². The van der Waals surface area contributed by atoms with E-state index in [1.165, 1.54) is 6.92 Å². The number of halogens is 3. The summed E-state index contributed by atoms with van der Waals surface area (Å²) in [5.41, 5.74) is -0.764. The molecule has 5 atom stereocenters. The first-order valence-electron chi connectivity index (χ1n) is 10.3. The van der Waals surface area contributed by atoms with E-state index in [4.69, 9.17) is 4.74 Å². The number of esters is 1. The third kappa shape index (κ3) is 7.35. The summed E-state index contributed by atoms with van der Waals surface area (Å²) in [4.78, 5) is 49.4. The highest BCUT2D eigenvalue weighted by molar-refractivity contribution is 5.94. The molecule has 0 aromatic carbocycles. The first-order chi connectivity index (χ1) is 14.5. The predicted octanol–water partition coefficient (Wildman–Crippen LogP) is 0.745. The fraction of sp³-hybridized carbons (Fsp3) is 0.800. The second kappa shape index (κ2) is 10.5. The third-order valence-corrected chi connectivity index (χ3v) is 5.22. The summed E-state index contributed by atoms with van der Waals surface area (Å²) in [7, 11) is 0. The Bertz CT molecular complexity index is 722. The van der Waals surface area contributed by atoms with Gasteiger partial charge in [0.25, 0.3) is 0 Å². The van der Waals surface area contributed by atoms with Crippen molar-refractivity contribution in [2.24, 2.45) is 11.8 Å². The van der Waals surface area contributed by atoms with E-state index in [0.29, 0.717) is 6.42 Å². The number of likely N-dealkylation sites (tertiary alicyclic amines) is 1. The monoisotopic (exact) mass is 467 g/mol. The molecule has 1 aliphatic rings. The number of nitrogens with one attached hydrogen (secondary N) is 2. The van der Waals surface area contributed by atoms with Gasteiger partial charge in [0.05, 0.1) is 6.10 Å². The molecule has 3 N–H and O–H groups in total. The Balaban J connectivity index is 2.97. The summed E-state index contributed by atoms with van der Waals surface area (Å²) in [5.74, 6) is -6.08. The van der Waals surface area contributed by atoms with E-state index in [9.17, 15) is 37.5 Å². The molecule has 1 saturated heterocycles. The topological polar surface area (TPSA) is 125 Å². The number of hydrogen-bond acceptors (Lipinski definition) is 6.